The van der Waals surface area contributed by atoms with Crippen molar-refractivity contribution >= 4 is 17.7 Å². The summed E-state index contributed by atoms with van der Waals surface area (Å²) in [6, 6.07) is 18.6. The summed E-state index contributed by atoms with van der Waals surface area (Å²) in [5.74, 6) is 0.927. The number of aryl methyl sites for hydroxylation is 1. The summed E-state index contributed by atoms with van der Waals surface area (Å²) in [5, 5.41) is 24.4. The first-order chi connectivity index (χ1) is 23.9. The number of hydrogen-bond donors (Lipinski definition) is 5. The van der Waals surface area contributed by atoms with E-state index in [0.717, 1.165) is 72.5 Å². The molecule has 3 aliphatic heterocycles. The number of ketones is 1. The Labute approximate surface area is 288 Å². The van der Waals surface area contributed by atoms with Crippen LogP contribution in [0.4, 0.5) is 5.69 Å². The van der Waals surface area contributed by atoms with Gasteiger partial charge >= 0.3 is 0 Å². The second-order valence-corrected chi connectivity index (χ2v) is 14.6. The minimum Gasteiger partial charge on any atom is -0.504 e. The zero-order chi connectivity index (χ0) is 33.7. The van der Waals surface area contributed by atoms with Gasteiger partial charge in [0.05, 0.1) is 6.10 Å². The highest BCUT2D eigenvalue weighted by Gasteiger charge is 2.55. The van der Waals surface area contributed by atoms with Gasteiger partial charge in [-0.25, -0.2) is 0 Å². The number of aliphatic imine (C=N–C) groups is 1. The lowest BCUT2D eigenvalue weighted by atomic mass is 9.57. The van der Waals surface area contributed by atoms with Gasteiger partial charge in [-0.15, -0.1) is 0 Å². The number of carbonyl (C=O) groups is 1. The summed E-state index contributed by atoms with van der Waals surface area (Å²) in [6.45, 7) is 3.24. The molecule has 5 atom stereocenters. The number of ether oxygens (including phenoxy) is 1. The van der Waals surface area contributed by atoms with Crippen molar-refractivity contribution in [3.63, 3.8) is 0 Å². The predicted octanol–water partition coefficient (Wildman–Crippen LogP) is 5.95. The maximum atomic E-state index is 12.5. The second kappa shape index (κ2) is 12.9. The number of aliphatic hydroxyl groups excluding tert-OH is 1. The smallest absolute Gasteiger partial charge is 0.227 e. The number of nitrogens with one attached hydrogen (secondary N) is 2. The SMILES string of the molecule is CCCCC[C@@H](O)CC(=O)CCc1ccc(O)c(OC[NH+]2C=C3N=CC([C@@]45CCC[C@@H]4c4cccc6c4-c4c(cccc45)[C@H](N)N6)=C3C2)c1. The number of hydrogen-bond acceptors (Lipinski definition) is 7. The number of benzene rings is 3. The Balaban J connectivity index is 0.992. The van der Waals surface area contributed by atoms with E-state index in [1.165, 1.54) is 33.4 Å². The fraction of sp³-hybridized carbons (Fsp3) is 0.415. The van der Waals surface area contributed by atoms with Gasteiger partial charge in [0.25, 0.3) is 0 Å². The number of allylic oxidation sites excluding steroid dienone is 1. The second-order valence-electron chi connectivity index (χ2n) is 14.6. The third kappa shape index (κ3) is 5.50. The van der Waals surface area contributed by atoms with Gasteiger partial charge in [-0.1, -0.05) is 69.0 Å². The van der Waals surface area contributed by atoms with Crippen molar-refractivity contribution in [1.82, 2.24) is 0 Å². The first-order valence-electron chi connectivity index (χ1n) is 18.1. The number of aromatic hydroxyl groups is 1. The first-order valence-corrected chi connectivity index (χ1v) is 18.1. The van der Waals surface area contributed by atoms with Gasteiger partial charge in [-0.3, -0.25) is 14.7 Å². The van der Waals surface area contributed by atoms with Gasteiger partial charge in [0.1, 0.15) is 30.4 Å². The number of quaternary nitrogens is 1. The third-order valence-corrected chi connectivity index (χ3v) is 11.5. The molecular weight excluding hydrogens is 612 g/mol. The number of fused-ring (bicyclic) bond motifs is 4. The molecule has 2 aliphatic carbocycles. The topological polar surface area (TPSA) is 122 Å². The molecule has 1 saturated carbocycles. The maximum absolute atomic E-state index is 12.5. The number of phenolic OH excluding ortho intramolecular Hbond substituents is 1. The van der Waals surface area contributed by atoms with Crippen molar-refractivity contribution in [2.75, 3.05) is 18.6 Å². The molecule has 0 aromatic heterocycles. The normalized spacial score (nSPS) is 24.6. The molecule has 254 valence electrons. The van der Waals surface area contributed by atoms with Crippen LogP contribution in [0, 0.1) is 0 Å². The van der Waals surface area contributed by atoms with Crippen molar-refractivity contribution < 1.29 is 24.6 Å². The number of nitrogens with zero attached hydrogens (tertiary/aromatic N) is 1. The van der Waals surface area contributed by atoms with Crippen LogP contribution in [0.25, 0.3) is 11.1 Å². The Morgan fingerprint density at radius 3 is 2.88 bits per heavy atom. The number of nitrogens with two attached hydrogens (primary N) is 1. The first kappa shape index (κ1) is 32.0. The number of unbranched alkanes of at least 4 members (excludes halogenated alkanes) is 2. The molecule has 0 saturated heterocycles. The summed E-state index contributed by atoms with van der Waals surface area (Å²) < 4.78 is 6.22. The van der Waals surface area contributed by atoms with Crippen LogP contribution in [0.15, 0.2) is 82.6 Å². The summed E-state index contributed by atoms with van der Waals surface area (Å²) in [5.41, 5.74) is 18.8. The van der Waals surface area contributed by atoms with E-state index < -0.39 is 6.10 Å². The van der Waals surface area contributed by atoms with E-state index in [-0.39, 0.29) is 29.5 Å². The fourth-order valence-corrected chi connectivity index (χ4v) is 9.27. The van der Waals surface area contributed by atoms with E-state index >= 15 is 0 Å². The summed E-state index contributed by atoms with van der Waals surface area (Å²) >= 11 is 0. The molecule has 8 nitrogen and oxygen atoms in total. The molecule has 8 heteroatoms. The summed E-state index contributed by atoms with van der Waals surface area (Å²) in [4.78, 5) is 18.6. The molecular formula is C41H47N4O4+. The van der Waals surface area contributed by atoms with Crippen molar-refractivity contribution in [1.29, 1.82) is 0 Å². The maximum Gasteiger partial charge on any atom is 0.227 e. The number of aliphatic hydroxyl groups is 1. The summed E-state index contributed by atoms with van der Waals surface area (Å²) in [7, 11) is 0. The van der Waals surface area contributed by atoms with Gasteiger partial charge in [0, 0.05) is 41.3 Å². The van der Waals surface area contributed by atoms with Gasteiger partial charge in [-0.05, 0) is 83.2 Å². The molecule has 3 aromatic carbocycles. The summed E-state index contributed by atoms with van der Waals surface area (Å²) in [6.07, 6.45) is 11.7. The Morgan fingerprint density at radius 2 is 2.00 bits per heavy atom. The highest BCUT2D eigenvalue weighted by Crippen LogP contribution is 2.65. The van der Waals surface area contributed by atoms with Crippen molar-refractivity contribution in [3.05, 3.63) is 99.9 Å². The fourth-order valence-electron chi connectivity index (χ4n) is 9.27. The van der Waals surface area contributed by atoms with Crippen LogP contribution in [0.1, 0.15) is 99.0 Å². The Bertz CT molecular complexity index is 1900. The predicted molar refractivity (Wildman–Crippen MR) is 192 cm³/mol. The Kier molecular flexibility index (Phi) is 8.42. The largest absolute Gasteiger partial charge is 0.504 e. The minimum absolute atomic E-state index is 0.0604. The van der Waals surface area contributed by atoms with Gasteiger partial charge in [-0.2, -0.15) is 0 Å². The molecule has 5 aliphatic rings. The van der Waals surface area contributed by atoms with E-state index in [4.69, 9.17) is 15.5 Å². The van der Waals surface area contributed by atoms with Crippen LogP contribution in [-0.2, 0) is 16.6 Å². The zero-order valence-corrected chi connectivity index (χ0v) is 28.3. The van der Waals surface area contributed by atoms with Crippen molar-refractivity contribution in [3.8, 4) is 22.6 Å². The highest BCUT2D eigenvalue weighted by atomic mass is 16.5. The van der Waals surface area contributed by atoms with Crippen LogP contribution in [0.5, 0.6) is 11.5 Å². The molecule has 1 fully saturated rings. The highest BCUT2D eigenvalue weighted by molar-refractivity contribution is 5.97. The van der Waals surface area contributed by atoms with E-state index in [2.05, 4.69) is 61.1 Å². The average Bonchev–Trinajstić information content (AvgIpc) is 3.82. The molecule has 3 heterocycles. The van der Waals surface area contributed by atoms with E-state index in [1.807, 2.05) is 12.1 Å². The van der Waals surface area contributed by atoms with E-state index in [1.54, 1.807) is 6.07 Å². The molecule has 0 bridgehead atoms. The van der Waals surface area contributed by atoms with E-state index in [9.17, 15) is 15.0 Å². The number of phenols is 1. The zero-order valence-electron chi connectivity index (χ0n) is 28.3. The van der Waals surface area contributed by atoms with Crippen LogP contribution < -0.4 is 20.7 Å². The van der Waals surface area contributed by atoms with Crippen LogP contribution >= 0.6 is 0 Å². The third-order valence-electron chi connectivity index (χ3n) is 11.5. The lowest BCUT2D eigenvalue weighted by molar-refractivity contribution is -0.855. The number of rotatable bonds is 13. The quantitative estimate of drug-likeness (QED) is 0.145. The van der Waals surface area contributed by atoms with Gasteiger partial charge < -0.3 is 26.0 Å². The molecule has 0 radical (unpaired) electrons. The van der Waals surface area contributed by atoms with Crippen LogP contribution in [-0.4, -0.2) is 41.6 Å². The van der Waals surface area contributed by atoms with E-state index in [0.29, 0.717) is 37.7 Å². The van der Waals surface area contributed by atoms with Crippen molar-refractivity contribution in [2.24, 2.45) is 10.7 Å². The molecule has 49 heavy (non-hydrogen) atoms. The monoisotopic (exact) mass is 659 g/mol. The number of Topliss-reactive ketones (excluding diaryl/α,β-unsaturated/α-hetero) is 1. The molecule has 3 aromatic rings. The van der Waals surface area contributed by atoms with Crippen LogP contribution in [0.3, 0.4) is 0 Å². The lowest BCUT2D eigenvalue weighted by Crippen LogP contribution is -3.07. The molecule has 0 spiro atoms. The molecule has 1 unspecified atom stereocenters. The number of carbonyl (C=O) groups excluding carboxylic acids is 1. The average molecular weight is 660 g/mol. The molecule has 8 rings (SSSR count). The van der Waals surface area contributed by atoms with Gasteiger partial charge in [0.15, 0.2) is 11.5 Å². The Hall–Kier alpha value is -4.24. The number of anilines is 1. The standard InChI is InChI=1S/C41H46N4O4/c1-2-3-4-8-26(46)20-27(47)16-14-25-15-17-36(48)37(19-25)49-24-45-22-30-33(21-43-35(30)23-45)41-18-7-12-31(41)28-9-6-13-34-39(28)38-29(40(42)44-34)10-5-11-32(38)41/h5-6,9-11,13,15,17,19,21,23,26,31,40,44,46,48H,2-4,7-8,12,14,16,18,20,22,24,42H2,1H3/p+1/t26-,31-,40-,41+/m1/s1. The van der Waals surface area contributed by atoms with Crippen molar-refractivity contribution in [2.45, 2.75) is 94.7 Å². The minimum atomic E-state index is -0.565. The molecule has 6 N–H and O–H groups in total. The Morgan fingerprint density at radius 1 is 1.14 bits per heavy atom. The molecule has 0 amide bonds. The van der Waals surface area contributed by atoms with Gasteiger partial charge in [0.2, 0.25) is 6.73 Å². The van der Waals surface area contributed by atoms with Crippen LogP contribution in [0.2, 0.25) is 0 Å². The lowest BCUT2D eigenvalue weighted by Gasteiger charge is -2.46.